The van der Waals surface area contributed by atoms with Crippen LogP contribution in [0.1, 0.15) is 15.9 Å². The smallest absolute Gasteiger partial charge is 0.258 e. The Bertz CT molecular complexity index is 656. The molecule has 2 rings (SSSR count). The fourth-order valence-electron chi connectivity index (χ4n) is 1.63. The number of methoxy groups -OCH3 is 1. The lowest BCUT2D eigenvalue weighted by molar-refractivity contribution is 0.102. The first-order valence-corrected chi connectivity index (χ1v) is 6.25. The number of nitrogens with zero attached hydrogens (tertiary/aromatic N) is 1. The zero-order valence-corrected chi connectivity index (χ0v) is 11.6. The van der Waals surface area contributed by atoms with Crippen LogP contribution >= 0.6 is 11.6 Å². The SMILES string of the molecule is C=Cc1ccc(C(=O)Nc2cc(OC)ccn2)c(Cl)c1. The average Bonchev–Trinajstić information content (AvgIpc) is 2.47. The van der Waals surface area contributed by atoms with E-state index in [0.29, 0.717) is 22.2 Å². The van der Waals surface area contributed by atoms with E-state index in [2.05, 4.69) is 16.9 Å². The monoisotopic (exact) mass is 288 g/mol. The van der Waals surface area contributed by atoms with Gasteiger partial charge in [0.15, 0.2) is 0 Å². The van der Waals surface area contributed by atoms with Crippen LogP contribution in [-0.2, 0) is 0 Å². The van der Waals surface area contributed by atoms with Crippen LogP contribution in [0, 0.1) is 0 Å². The van der Waals surface area contributed by atoms with E-state index in [1.165, 1.54) is 0 Å². The highest BCUT2D eigenvalue weighted by molar-refractivity contribution is 6.34. The van der Waals surface area contributed by atoms with Gasteiger partial charge in [0, 0.05) is 12.3 Å². The summed E-state index contributed by atoms with van der Waals surface area (Å²) in [5.74, 6) is 0.688. The topological polar surface area (TPSA) is 51.2 Å². The minimum Gasteiger partial charge on any atom is -0.497 e. The first-order chi connectivity index (χ1) is 9.63. The molecule has 0 bridgehead atoms. The zero-order valence-electron chi connectivity index (χ0n) is 10.9. The molecule has 1 aromatic carbocycles. The molecule has 5 heteroatoms. The van der Waals surface area contributed by atoms with Crippen LogP contribution in [-0.4, -0.2) is 18.0 Å². The number of rotatable bonds is 4. The Morgan fingerprint density at radius 1 is 1.40 bits per heavy atom. The van der Waals surface area contributed by atoms with Gasteiger partial charge in [-0.15, -0.1) is 0 Å². The molecule has 1 heterocycles. The Kier molecular flexibility index (Phi) is 4.38. The molecule has 0 unspecified atom stereocenters. The van der Waals surface area contributed by atoms with Gasteiger partial charge in [-0.25, -0.2) is 4.98 Å². The fourth-order valence-corrected chi connectivity index (χ4v) is 1.91. The third-order valence-electron chi connectivity index (χ3n) is 2.68. The maximum absolute atomic E-state index is 12.1. The van der Waals surface area contributed by atoms with Crippen LogP contribution in [0.3, 0.4) is 0 Å². The lowest BCUT2D eigenvalue weighted by atomic mass is 10.1. The van der Waals surface area contributed by atoms with Crippen molar-refractivity contribution in [3.8, 4) is 5.75 Å². The normalized spacial score (nSPS) is 9.90. The summed E-state index contributed by atoms with van der Waals surface area (Å²) >= 11 is 6.07. The van der Waals surface area contributed by atoms with Gasteiger partial charge < -0.3 is 10.1 Å². The molecule has 0 fully saturated rings. The van der Waals surface area contributed by atoms with Gasteiger partial charge in [0.25, 0.3) is 5.91 Å². The maximum atomic E-state index is 12.1. The van der Waals surface area contributed by atoms with Gasteiger partial charge in [-0.1, -0.05) is 30.3 Å². The Labute approximate surface area is 122 Å². The number of pyridine rings is 1. The highest BCUT2D eigenvalue weighted by Gasteiger charge is 2.11. The average molecular weight is 289 g/mol. The minimum absolute atomic E-state index is 0.327. The Morgan fingerprint density at radius 2 is 2.20 bits per heavy atom. The van der Waals surface area contributed by atoms with E-state index in [0.717, 1.165) is 5.56 Å². The molecule has 20 heavy (non-hydrogen) atoms. The van der Waals surface area contributed by atoms with E-state index >= 15 is 0 Å². The second-order valence-corrected chi connectivity index (χ2v) is 4.39. The molecular formula is C15H13ClN2O2. The van der Waals surface area contributed by atoms with Crippen molar-refractivity contribution in [2.45, 2.75) is 0 Å². The molecule has 1 N–H and O–H groups in total. The van der Waals surface area contributed by atoms with Crippen molar-refractivity contribution in [2.24, 2.45) is 0 Å². The van der Waals surface area contributed by atoms with Gasteiger partial charge >= 0.3 is 0 Å². The molecule has 0 saturated heterocycles. The predicted octanol–water partition coefficient (Wildman–Crippen LogP) is 3.64. The molecule has 4 nitrogen and oxygen atoms in total. The van der Waals surface area contributed by atoms with Gasteiger partial charge in [0.2, 0.25) is 0 Å². The molecule has 0 saturated carbocycles. The van der Waals surface area contributed by atoms with E-state index in [4.69, 9.17) is 16.3 Å². The quantitative estimate of drug-likeness (QED) is 0.934. The number of amides is 1. The number of carbonyl (C=O) groups is 1. The van der Waals surface area contributed by atoms with Crippen LogP contribution in [0.2, 0.25) is 5.02 Å². The van der Waals surface area contributed by atoms with Crippen molar-refractivity contribution >= 4 is 29.4 Å². The number of carbonyl (C=O) groups excluding carboxylic acids is 1. The number of anilines is 1. The highest BCUT2D eigenvalue weighted by atomic mass is 35.5. The lowest BCUT2D eigenvalue weighted by Gasteiger charge is -2.07. The molecule has 2 aromatic rings. The van der Waals surface area contributed by atoms with Crippen molar-refractivity contribution in [1.29, 1.82) is 0 Å². The van der Waals surface area contributed by atoms with Gasteiger partial charge in [0.05, 0.1) is 17.7 Å². The molecule has 0 atom stereocenters. The summed E-state index contributed by atoms with van der Waals surface area (Å²) in [6.07, 6.45) is 3.22. The molecular weight excluding hydrogens is 276 g/mol. The summed E-state index contributed by atoms with van der Waals surface area (Å²) in [6, 6.07) is 8.43. The molecule has 102 valence electrons. The minimum atomic E-state index is -0.327. The van der Waals surface area contributed by atoms with E-state index in [-0.39, 0.29) is 5.91 Å². The summed E-state index contributed by atoms with van der Waals surface area (Å²) in [5, 5.41) is 3.03. The predicted molar refractivity (Wildman–Crippen MR) is 80.3 cm³/mol. The first kappa shape index (κ1) is 14.1. The van der Waals surface area contributed by atoms with E-state index in [1.807, 2.05) is 0 Å². The van der Waals surface area contributed by atoms with Gasteiger partial charge in [-0.2, -0.15) is 0 Å². The summed E-state index contributed by atoms with van der Waals surface area (Å²) in [5.41, 5.74) is 1.23. The van der Waals surface area contributed by atoms with E-state index in [9.17, 15) is 4.79 Å². The van der Waals surface area contributed by atoms with Crippen LogP contribution in [0.25, 0.3) is 6.08 Å². The third kappa shape index (κ3) is 3.16. The van der Waals surface area contributed by atoms with Gasteiger partial charge in [-0.05, 0) is 23.8 Å². The second kappa shape index (κ2) is 6.21. The number of hydrogen-bond donors (Lipinski definition) is 1. The molecule has 0 radical (unpaired) electrons. The van der Waals surface area contributed by atoms with E-state index < -0.39 is 0 Å². The molecule has 1 aromatic heterocycles. The van der Waals surface area contributed by atoms with Crippen molar-refractivity contribution in [2.75, 3.05) is 12.4 Å². The Morgan fingerprint density at radius 3 is 2.85 bits per heavy atom. The number of benzene rings is 1. The number of ether oxygens (including phenoxy) is 1. The highest BCUT2D eigenvalue weighted by Crippen LogP contribution is 2.20. The number of aromatic nitrogens is 1. The van der Waals surface area contributed by atoms with Crippen LogP contribution in [0.4, 0.5) is 5.82 Å². The summed E-state index contributed by atoms with van der Waals surface area (Å²) in [4.78, 5) is 16.2. The van der Waals surface area contributed by atoms with Crippen molar-refractivity contribution in [3.05, 3.63) is 59.3 Å². The van der Waals surface area contributed by atoms with Crippen LogP contribution in [0.15, 0.2) is 43.1 Å². The number of hydrogen-bond acceptors (Lipinski definition) is 3. The first-order valence-electron chi connectivity index (χ1n) is 5.87. The van der Waals surface area contributed by atoms with Crippen molar-refractivity contribution in [1.82, 2.24) is 4.98 Å². The maximum Gasteiger partial charge on any atom is 0.258 e. The van der Waals surface area contributed by atoms with Crippen molar-refractivity contribution < 1.29 is 9.53 Å². The number of nitrogens with one attached hydrogen (secondary N) is 1. The lowest BCUT2D eigenvalue weighted by Crippen LogP contribution is -2.13. The summed E-state index contributed by atoms with van der Waals surface area (Å²) < 4.78 is 5.07. The van der Waals surface area contributed by atoms with Gasteiger partial charge in [0.1, 0.15) is 11.6 Å². The summed E-state index contributed by atoms with van der Waals surface area (Å²) in [7, 11) is 1.55. The van der Waals surface area contributed by atoms with E-state index in [1.54, 1.807) is 49.7 Å². The van der Waals surface area contributed by atoms with Crippen LogP contribution in [0.5, 0.6) is 5.75 Å². The van der Waals surface area contributed by atoms with Crippen molar-refractivity contribution in [3.63, 3.8) is 0 Å². The standard InChI is InChI=1S/C15H13ClN2O2/c1-3-10-4-5-12(13(16)8-10)15(19)18-14-9-11(20-2)6-7-17-14/h3-9H,1H2,2H3,(H,17,18,19). The Balaban J connectivity index is 2.21. The molecule has 0 aliphatic rings. The fraction of sp³-hybridized carbons (Fsp3) is 0.0667. The third-order valence-corrected chi connectivity index (χ3v) is 2.99. The zero-order chi connectivity index (χ0) is 14.5. The number of halogens is 1. The Hall–Kier alpha value is -2.33. The second-order valence-electron chi connectivity index (χ2n) is 3.98. The van der Waals surface area contributed by atoms with Gasteiger partial charge in [-0.3, -0.25) is 4.79 Å². The van der Waals surface area contributed by atoms with Crippen LogP contribution < -0.4 is 10.1 Å². The molecule has 0 aliphatic carbocycles. The molecule has 0 aliphatic heterocycles. The summed E-state index contributed by atoms with van der Waals surface area (Å²) in [6.45, 7) is 3.65. The molecule has 0 spiro atoms. The molecule has 1 amide bonds. The largest absolute Gasteiger partial charge is 0.497 e.